The SMILES string of the molecule is CCCCOc1cc(C[C@H](C)[C@]23C[C@@H](C)C(=O)C=C2OCO3)c(F)cc1OC. The van der Waals surface area contributed by atoms with Crippen molar-refractivity contribution in [1.82, 2.24) is 0 Å². The Hall–Kier alpha value is -2.08. The van der Waals surface area contributed by atoms with Gasteiger partial charge in [-0.2, -0.15) is 0 Å². The highest BCUT2D eigenvalue weighted by Crippen LogP contribution is 2.46. The fourth-order valence-corrected chi connectivity index (χ4v) is 3.96. The number of hydrogen-bond acceptors (Lipinski definition) is 5. The van der Waals surface area contributed by atoms with E-state index in [2.05, 4.69) is 6.92 Å². The van der Waals surface area contributed by atoms with Crippen molar-refractivity contribution in [3.8, 4) is 11.5 Å². The molecule has 1 saturated heterocycles. The van der Waals surface area contributed by atoms with E-state index < -0.39 is 5.60 Å². The maximum Gasteiger partial charge on any atom is 0.189 e. The van der Waals surface area contributed by atoms with Crippen molar-refractivity contribution in [2.45, 2.75) is 52.1 Å². The highest BCUT2D eigenvalue weighted by atomic mass is 19.1. The molecule has 154 valence electrons. The highest BCUT2D eigenvalue weighted by molar-refractivity contribution is 5.93. The van der Waals surface area contributed by atoms with Crippen LogP contribution in [0.1, 0.15) is 45.6 Å². The van der Waals surface area contributed by atoms with E-state index in [0.29, 0.717) is 42.3 Å². The zero-order chi connectivity index (χ0) is 20.3. The summed E-state index contributed by atoms with van der Waals surface area (Å²) in [6, 6.07) is 3.09. The second-order valence-corrected chi connectivity index (χ2v) is 7.71. The number of rotatable bonds is 8. The molecule has 0 amide bonds. The summed E-state index contributed by atoms with van der Waals surface area (Å²) in [5.41, 5.74) is -0.156. The van der Waals surface area contributed by atoms with Gasteiger partial charge in [0.05, 0.1) is 13.7 Å². The number of ketones is 1. The predicted octanol–water partition coefficient (Wildman–Crippen LogP) is 4.43. The summed E-state index contributed by atoms with van der Waals surface area (Å²) in [6.45, 7) is 6.65. The van der Waals surface area contributed by atoms with Crippen molar-refractivity contribution in [1.29, 1.82) is 0 Å². The van der Waals surface area contributed by atoms with Gasteiger partial charge in [0.1, 0.15) is 17.2 Å². The van der Waals surface area contributed by atoms with Crippen LogP contribution in [0.5, 0.6) is 11.5 Å². The molecule has 28 heavy (non-hydrogen) atoms. The molecule has 1 aliphatic heterocycles. The summed E-state index contributed by atoms with van der Waals surface area (Å²) < 4.78 is 37.4. The highest BCUT2D eigenvalue weighted by Gasteiger charge is 2.51. The van der Waals surface area contributed by atoms with Gasteiger partial charge >= 0.3 is 0 Å². The molecule has 0 N–H and O–H groups in total. The molecule has 1 fully saturated rings. The first-order valence-electron chi connectivity index (χ1n) is 9.93. The van der Waals surface area contributed by atoms with Crippen molar-refractivity contribution in [3.05, 3.63) is 35.3 Å². The van der Waals surface area contributed by atoms with E-state index in [1.165, 1.54) is 13.2 Å². The number of ether oxygens (including phenoxy) is 4. The quantitative estimate of drug-likeness (QED) is 0.613. The third-order valence-electron chi connectivity index (χ3n) is 5.73. The van der Waals surface area contributed by atoms with Crippen molar-refractivity contribution in [2.75, 3.05) is 20.5 Å². The molecular weight excluding hydrogens is 363 g/mol. The zero-order valence-electron chi connectivity index (χ0n) is 17.0. The molecule has 1 aliphatic carbocycles. The molecule has 1 aromatic rings. The standard InChI is InChI=1S/C22H29FO5/c1-5-6-7-26-20-9-16(17(23)10-19(20)25-4)8-15(3)22-12-14(2)18(24)11-21(22)27-13-28-22/h9-11,14-15H,5-8,12-13H2,1-4H3/t14-,15+,22-/m1/s1. The van der Waals surface area contributed by atoms with Crippen LogP contribution in [0.4, 0.5) is 4.39 Å². The molecule has 1 aromatic carbocycles. The first kappa shape index (κ1) is 20.6. The van der Waals surface area contributed by atoms with Crippen molar-refractivity contribution in [2.24, 2.45) is 11.8 Å². The summed E-state index contributed by atoms with van der Waals surface area (Å²) >= 11 is 0. The maximum absolute atomic E-state index is 14.7. The number of unbranched alkanes of at least 4 members (excludes halogenated alkanes) is 1. The van der Waals surface area contributed by atoms with Crippen LogP contribution in [0.3, 0.4) is 0 Å². The van der Waals surface area contributed by atoms with Gasteiger partial charge in [-0.3, -0.25) is 4.79 Å². The summed E-state index contributed by atoms with van der Waals surface area (Å²) in [5, 5.41) is 0. The Morgan fingerprint density at radius 2 is 2.14 bits per heavy atom. The first-order valence-corrected chi connectivity index (χ1v) is 9.93. The monoisotopic (exact) mass is 392 g/mol. The van der Waals surface area contributed by atoms with Crippen molar-refractivity contribution >= 4 is 5.78 Å². The molecule has 0 radical (unpaired) electrons. The Morgan fingerprint density at radius 1 is 1.36 bits per heavy atom. The van der Waals surface area contributed by atoms with E-state index in [0.717, 1.165) is 12.8 Å². The molecule has 3 atom stereocenters. The Morgan fingerprint density at radius 3 is 2.86 bits per heavy atom. The fourth-order valence-electron chi connectivity index (χ4n) is 3.96. The van der Waals surface area contributed by atoms with E-state index in [1.54, 1.807) is 12.1 Å². The van der Waals surface area contributed by atoms with Crippen LogP contribution >= 0.6 is 0 Å². The molecule has 1 heterocycles. The van der Waals surface area contributed by atoms with E-state index in [4.69, 9.17) is 18.9 Å². The number of carbonyl (C=O) groups is 1. The number of carbonyl (C=O) groups excluding carboxylic acids is 1. The Labute approximate surface area is 165 Å². The number of allylic oxidation sites excluding steroid dienone is 1. The lowest BCUT2D eigenvalue weighted by molar-refractivity contribution is -0.122. The number of hydrogen-bond donors (Lipinski definition) is 0. The summed E-state index contributed by atoms with van der Waals surface area (Å²) in [4.78, 5) is 12.1. The fraction of sp³-hybridized carbons (Fsp3) is 0.591. The van der Waals surface area contributed by atoms with Crippen LogP contribution in [-0.2, 0) is 20.7 Å². The van der Waals surface area contributed by atoms with E-state index in [9.17, 15) is 9.18 Å². The average molecular weight is 392 g/mol. The maximum atomic E-state index is 14.7. The minimum Gasteiger partial charge on any atom is -0.493 e. The average Bonchev–Trinajstić information content (AvgIpc) is 3.08. The van der Waals surface area contributed by atoms with Gasteiger partial charge in [-0.25, -0.2) is 4.39 Å². The second kappa shape index (κ2) is 8.52. The third kappa shape index (κ3) is 3.88. The third-order valence-corrected chi connectivity index (χ3v) is 5.73. The van der Waals surface area contributed by atoms with Crippen molar-refractivity contribution in [3.63, 3.8) is 0 Å². The number of methoxy groups -OCH3 is 1. The van der Waals surface area contributed by atoms with Gasteiger partial charge in [0.15, 0.2) is 24.1 Å². The van der Waals surface area contributed by atoms with E-state index in [1.807, 2.05) is 13.8 Å². The molecule has 0 aromatic heterocycles. The molecule has 0 unspecified atom stereocenters. The van der Waals surface area contributed by atoms with Gasteiger partial charge in [0, 0.05) is 18.1 Å². The number of benzene rings is 1. The summed E-state index contributed by atoms with van der Waals surface area (Å²) in [5.74, 6) is 0.976. The number of halogens is 1. The van der Waals surface area contributed by atoms with Gasteiger partial charge in [-0.05, 0) is 36.8 Å². The minimum absolute atomic E-state index is 0.0468. The minimum atomic E-state index is -0.692. The van der Waals surface area contributed by atoms with Crippen molar-refractivity contribution < 1.29 is 28.1 Å². The van der Waals surface area contributed by atoms with Gasteiger partial charge in [-0.15, -0.1) is 0 Å². The molecule has 3 rings (SSSR count). The predicted molar refractivity (Wildman–Crippen MR) is 103 cm³/mol. The van der Waals surface area contributed by atoms with Crippen LogP contribution in [0.15, 0.2) is 24.0 Å². The normalized spacial score (nSPS) is 25.0. The molecule has 0 saturated carbocycles. The molecule has 0 spiro atoms. The van der Waals surface area contributed by atoms with E-state index >= 15 is 0 Å². The zero-order valence-corrected chi connectivity index (χ0v) is 17.0. The Kier molecular flexibility index (Phi) is 6.28. The number of fused-ring (bicyclic) bond motifs is 1. The molecule has 6 heteroatoms. The lowest BCUT2D eigenvalue weighted by Gasteiger charge is -2.37. The summed E-state index contributed by atoms with van der Waals surface area (Å²) in [7, 11) is 1.50. The largest absolute Gasteiger partial charge is 0.493 e. The van der Waals surface area contributed by atoms with Gasteiger partial charge in [0.2, 0.25) is 0 Å². The second-order valence-electron chi connectivity index (χ2n) is 7.71. The van der Waals surface area contributed by atoms with E-state index in [-0.39, 0.29) is 30.2 Å². The van der Waals surface area contributed by atoms with Crippen LogP contribution in [0.2, 0.25) is 0 Å². The van der Waals surface area contributed by atoms with Gasteiger partial charge in [0.25, 0.3) is 0 Å². The summed E-state index contributed by atoms with van der Waals surface area (Å²) in [6.07, 6.45) is 4.44. The lowest BCUT2D eigenvalue weighted by atomic mass is 9.73. The lowest BCUT2D eigenvalue weighted by Crippen LogP contribution is -2.44. The Bertz CT molecular complexity index is 760. The Balaban J connectivity index is 1.85. The van der Waals surface area contributed by atoms with Crippen LogP contribution in [-0.4, -0.2) is 31.9 Å². The first-order chi connectivity index (χ1) is 13.4. The van der Waals surface area contributed by atoms with Gasteiger partial charge < -0.3 is 18.9 Å². The molecule has 5 nitrogen and oxygen atoms in total. The smallest absolute Gasteiger partial charge is 0.189 e. The van der Waals surface area contributed by atoms with Crippen LogP contribution in [0.25, 0.3) is 0 Å². The van der Waals surface area contributed by atoms with Gasteiger partial charge in [-0.1, -0.05) is 27.2 Å². The van der Waals surface area contributed by atoms with Crippen LogP contribution < -0.4 is 9.47 Å². The molecule has 0 bridgehead atoms. The van der Waals surface area contributed by atoms with Crippen LogP contribution in [0, 0.1) is 17.7 Å². The topological polar surface area (TPSA) is 54.0 Å². The molecular formula is C22H29FO5. The molecule has 2 aliphatic rings.